The normalized spacial score (nSPS) is 20.1. The van der Waals surface area contributed by atoms with Crippen molar-refractivity contribution in [1.29, 1.82) is 0 Å². The summed E-state index contributed by atoms with van der Waals surface area (Å²) in [7, 11) is 1.46. The van der Waals surface area contributed by atoms with Gasteiger partial charge < -0.3 is 20.5 Å². The molecule has 1 saturated heterocycles. The number of carboxylic acid groups (broad SMARTS) is 1. The minimum atomic E-state index is -0.747. The molecule has 110 valence electrons. The van der Waals surface area contributed by atoms with Gasteiger partial charge in [0, 0.05) is 26.7 Å². The molecule has 0 saturated carbocycles. The van der Waals surface area contributed by atoms with Crippen LogP contribution in [0.4, 0.5) is 0 Å². The van der Waals surface area contributed by atoms with Crippen LogP contribution in [0.25, 0.3) is 0 Å². The number of methoxy groups -OCH3 is 1. The zero-order valence-electron chi connectivity index (χ0n) is 11.7. The van der Waals surface area contributed by atoms with E-state index in [1.165, 1.54) is 7.11 Å². The molecule has 0 bridgehead atoms. The molecule has 0 radical (unpaired) electrons. The molecular formula is C13H24N2O4. The fourth-order valence-electron chi connectivity index (χ4n) is 2.71. The molecule has 0 aromatic carbocycles. The van der Waals surface area contributed by atoms with Gasteiger partial charge in [-0.15, -0.1) is 0 Å². The van der Waals surface area contributed by atoms with E-state index in [1.54, 1.807) is 4.90 Å². The number of nitrogens with zero attached hydrogens (tertiary/aromatic N) is 1. The number of ether oxygens (including phenoxy) is 1. The number of hydrogen-bond acceptors (Lipinski definition) is 4. The van der Waals surface area contributed by atoms with E-state index in [-0.39, 0.29) is 12.5 Å². The van der Waals surface area contributed by atoms with Crippen LogP contribution >= 0.6 is 0 Å². The highest BCUT2D eigenvalue weighted by atomic mass is 16.5. The van der Waals surface area contributed by atoms with Crippen molar-refractivity contribution in [2.45, 2.75) is 38.7 Å². The highest BCUT2D eigenvalue weighted by molar-refractivity contribution is 5.82. The molecule has 1 aliphatic heterocycles. The number of aliphatic carboxylic acids is 1. The van der Waals surface area contributed by atoms with E-state index in [0.29, 0.717) is 32.4 Å². The van der Waals surface area contributed by atoms with Crippen LogP contribution in [0, 0.1) is 5.41 Å². The zero-order valence-corrected chi connectivity index (χ0v) is 11.7. The van der Waals surface area contributed by atoms with Gasteiger partial charge >= 0.3 is 5.97 Å². The maximum Gasteiger partial charge on any atom is 0.309 e. The first-order chi connectivity index (χ1) is 9.00. The monoisotopic (exact) mass is 272 g/mol. The number of amides is 1. The first-order valence-electron chi connectivity index (χ1n) is 6.75. The highest BCUT2D eigenvalue weighted by Crippen LogP contribution is 2.36. The lowest BCUT2D eigenvalue weighted by Gasteiger charge is -2.39. The molecular weight excluding hydrogens is 248 g/mol. The van der Waals surface area contributed by atoms with Crippen molar-refractivity contribution in [2.75, 3.05) is 26.7 Å². The number of carbonyl (C=O) groups excluding carboxylic acids is 1. The predicted octanol–water partition coefficient (Wildman–Crippen LogP) is 0.454. The molecule has 0 aromatic heterocycles. The Morgan fingerprint density at radius 3 is 2.37 bits per heavy atom. The van der Waals surface area contributed by atoms with Crippen molar-refractivity contribution in [3.05, 3.63) is 0 Å². The van der Waals surface area contributed by atoms with Gasteiger partial charge in [-0.05, 0) is 19.3 Å². The molecule has 0 aliphatic carbocycles. The molecule has 1 atom stereocenters. The summed E-state index contributed by atoms with van der Waals surface area (Å²) < 4.78 is 5.03. The van der Waals surface area contributed by atoms with Crippen LogP contribution in [-0.4, -0.2) is 54.7 Å². The number of carboxylic acids is 1. The molecule has 1 rings (SSSR count). The molecule has 6 heteroatoms. The van der Waals surface area contributed by atoms with Gasteiger partial charge in [-0.1, -0.05) is 13.3 Å². The van der Waals surface area contributed by atoms with Gasteiger partial charge in [-0.3, -0.25) is 9.59 Å². The number of piperidine rings is 1. The Labute approximate surface area is 113 Å². The minimum Gasteiger partial charge on any atom is -0.481 e. The average molecular weight is 272 g/mol. The third-order valence-electron chi connectivity index (χ3n) is 3.99. The van der Waals surface area contributed by atoms with Crippen LogP contribution in [0.5, 0.6) is 0 Å². The third kappa shape index (κ3) is 3.45. The highest BCUT2D eigenvalue weighted by Gasteiger charge is 2.42. The van der Waals surface area contributed by atoms with E-state index >= 15 is 0 Å². The second kappa shape index (κ2) is 6.86. The first-order valence-corrected chi connectivity index (χ1v) is 6.75. The molecule has 1 unspecified atom stereocenters. The number of carbonyl (C=O) groups is 2. The molecule has 0 aromatic rings. The van der Waals surface area contributed by atoms with E-state index in [9.17, 15) is 14.7 Å². The number of likely N-dealkylation sites (tertiary alicyclic amines) is 1. The molecule has 1 fully saturated rings. The lowest BCUT2D eigenvalue weighted by atomic mass is 9.75. The standard InChI is InChI=1S/C13H24N2O4/c1-3-4-13(12(17)18)5-7-15(8-6-13)11(16)10(9-14)19-2/h10H,3-9,14H2,1-2H3,(H,17,18). The molecule has 0 spiro atoms. The lowest BCUT2D eigenvalue weighted by Crippen LogP contribution is -2.51. The fraction of sp³-hybridized carbons (Fsp3) is 0.846. The Morgan fingerprint density at radius 1 is 1.42 bits per heavy atom. The van der Waals surface area contributed by atoms with Gasteiger partial charge in [0.25, 0.3) is 5.91 Å². The third-order valence-corrected chi connectivity index (χ3v) is 3.99. The molecule has 6 nitrogen and oxygen atoms in total. The number of hydrogen-bond donors (Lipinski definition) is 2. The molecule has 19 heavy (non-hydrogen) atoms. The van der Waals surface area contributed by atoms with Gasteiger partial charge in [0.15, 0.2) is 0 Å². The average Bonchev–Trinajstić information content (AvgIpc) is 2.41. The second-order valence-corrected chi connectivity index (χ2v) is 5.12. The van der Waals surface area contributed by atoms with Crippen molar-refractivity contribution in [1.82, 2.24) is 4.90 Å². The SMILES string of the molecule is CCCC1(C(=O)O)CCN(C(=O)C(CN)OC)CC1. The lowest BCUT2D eigenvalue weighted by molar-refractivity contribution is -0.157. The minimum absolute atomic E-state index is 0.138. The maximum atomic E-state index is 12.1. The summed E-state index contributed by atoms with van der Waals surface area (Å²) in [6, 6.07) is 0. The van der Waals surface area contributed by atoms with Crippen LogP contribution in [0.2, 0.25) is 0 Å². The van der Waals surface area contributed by atoms with Gasteiger partial charge in [0.2, 0.25) is 0 Å². The van der Waals surface area contributed by atoms with Crippen molar-refractivity contribution in [2.24, 2.45) is 11.1 Å². The summed E-state index contributed by atoms with van der Waals surface area (Å²) in [4.78, 5) is 25.2. The van der Waals surface area contributed by atoms with Gasteiger partial charge in [0.1, 0.15) is 6.10 Å². The topological polar surface area (TPSA) is 92.9 Å². The van der Waals surface area contributed by atoms with Crippen LogP contribution < -0.4 is 5.73 Å². The molecule has 3 N–H and O–H groups in total. The number of nitrogens with two attached hydrogens (primary N) is 1. The van der Waals surface area contributed by atoms with Crippen molar-refractivity contribution in [3.8, 4) is 0 Å². The summed E-state index contributed by atoms with van der Waals surface area (Å²) in [6.07, 6.45) is 1.88. The van der Waals surface area contributed by atoms with Gasteiger partial charge in [-0.2, -0.15) is 0 Å². The van der Waals surface area contributed by atoms with E-state index < -0.39 is 17.5 Å². The largest absolute Gasteiger partial charge is 0.481 e. The molecule has 1 heterocycles. The Kier molecular flexibility index (Phi) is 5.75. The summed E-state index contributed by atoms with van der Waals surface area (Å²) in [5, 5.41) is 9.40. The van der Waals surface area contributed by atoms with Crippen LogP contribution in [0.15, 0.2) is 0 Å². The van der Waals surface area contributed by atoms with E-state index in [1.807, 2.05) is 6.92 Å². The van der Waals surface area contributed by atoms with E-state index in [4.69, 9.17) is 10.5 Å². The maximum absolute atomic E-state index is 12.1. The molecule has 1 aliphatic rings. The smallest absolute Gasteiger partial charge is 0.309 e. The van der Waals surface area contributed by atoms with Gasteiger partial charge in [0.05, 0.1) is 5.41 Å². The van der Waals surface area contributed by atoms with Gasteiger partial charge in [-0.25, -0.2) is 0 Å². The Morgan fingerprint density at radius 2 is 2.00 bits per heavy atom. The zero-order chi connectivity index (χ0) is 14.5. The van der Waals surface area contributed by atoms with Crippen molar-refractivity contribution in [3.63, 3.8) is 0 Å². The Hall–Kier alpha value is -1.14. The van der Waals surface area contributed by atoms with E-state index in [0.717, 1.165) is 6.42 Å². The van der Waals surface area contributed by atoms with Crippen LogP contribution in [-0.2, 0) is 14.3 Å². The summed E-state index contributed by atoms with van der Waals surface area (Å²) in [5.41, 5.74) is 4.80. The Balaban J connectivity index is 2.65. The second-order valence-electron chi connectivity index (χ2n) is 5.12. The van der Waals surface area contributed by atoms with Crippen LogP contribution in [0.3, 0.4) is 0 Å². The summed E-state index contributed by atoms with van der Waals surface area (Å²) in [5.74, 6) is -0.885. The quantitative estimate of drug-likeness (QED) is 0.732. The van der Waals surface area contributed by atoms with Crippen molar-refractivity contribution < 1.29 is 19.4 Å². The van der Waals surface area contributed by atoms with Crippen LogP contribution in [0.1, 0.15) is 32.6 Å². The first kappa shape index (κ1) is 15.9. The Bertz CT molecular complexity index is 321. The summed E-state index contributed by atoms with van der Waals surface area (Å²) >= 11 is 0. The fourth-order valence-corrected chi connectivity index (χ4v) is 2.71. The van der Waals surface area contributed by atoms with E-state index in [2.05, 4.69) is 0 Å². The number of rotatable bonds is 6. The molecule has 1 amide bonds. The van der Waals surface area contributed by atoms with Crippen molar-refractivity contribution >= 4 is 11.9 Å². The summed E-state index contributed by atoms with van der Waals surface area (Å²) in [6.45, 7) is 3.05. The predicted molar refractivity (Wildman–Crippen MR) is 70.6 cm³/mol.